The third-order valence-corrected chi connectivity index (χ3v) is 2.93. The molecule has 13 heavy (non-hydrogen) atoms. The van der Waals surface area contributed by atoms with Crippen LogP contribution in [0.1, 0.15) is 33.6 Å². The third kappa shape index (κ3) is 2.67. The zero-order valence-corrected chi connectivity index (χ0v) is 8.50. The van der Waals surface area contributed by atoms with E-state index in [2.05, 4.69) is 0 Å². The van der Waals surface area contributed by atoms with Gasteiger partial charge in [-0.25, -0.2) is 0 Å². The Bertz CT molecular complexity index is 191. The molecule has 0 amide bonds. The molecule has 0 aliphatic heterocycles. The van der Waals surface area contributed by atoms with Gasteiger partial charge in [-0.05, 0) is 11.8 Å². The van der Waals surface area contributed by atoms with E-state index in [1.807, 2.05) is 20.8 Å². The molecular weight excluding hydrogens is 170 g/mol. The molecule has 4 heteroatoms. The van der Waals surface area contributed by atoms with Gasteiger partial charge in [-0.2, -0.15) is 0 Å². The zero-order chi connectivity index (χ0) is 10.7. The lowest BCUT2D eigenvalue weighted by Crippen LogP contribution is -2.51. The summed E-state index contributed by atoms with van der Waals surface area (Å²) in [6.07, 6.45) is 0.387. The molecule has 0 aromatic carbocycles. The van der Waals surface area contributed by atoms with Crippen LogP contribution < -0.4 is 5.73 Å². The Labute approximate surface area is 78.7 Å². The molecule has 4 nitrogen and oxygen atoms in total. The topological polar surface area (TPSA) is 83.5 Å². The Morgan fingerprint density at radius 1 is 1.46 bits per heavy atom. The van der Waals surface area contributed by atoms with Crippen LogP contribution in [-0.2, 0) is 4.79 Å². The maximum atomic E-state index is 10.5. The fourth-order valence-corrected chi connectivity index (χ4v) is 1.17. The standard InChI is InChI=1S/C9H19NO3/c1-4-8(2,3)9(13,6-10)5-7(11)12/h13H,4-6,10H2,1-3H3,(H,11,12). The normalized spacial score (nSPS) is 16.7. The highest BCUT2D eigenvalue weighted by atomic mass is 16.4. The summed E-state index contributed by atoms with van der Waals surface area (Å²) >= 11 is 0. The molecule has 0 aromatic rings. The second-order valence-corrected chi connectivity index (χ2v) is 4.04. The van der Waals surface area contributed by atoms with Crippen LogP contribution in [0.4, 0.5) is 0 Å². The van der Waals surface area contributed by atoms with Crippen LogP contribution in [0, 0.1) is 5.41 Å². The summed E-state index contributed by atoms with van der Waals surface area (Å²) in [6, 6.07) is 0. The van der Waals surface area contributed by atoms with Gasteiger partial charge in [-0.15, -0.1) is 0 Å². The lowest BCUT2D eigenvalue weighted by Gasteiger charge is -2.40. The quantitative estimate of drug-likeness (QED) is 0.591. The van der Waals surface area contributed by atoms with Gasteiger partial charge in [-0.3, -0.25) is 4.79 Å². The van der Waals surface area contributed by atoms with Gasteiger partial charge in [-0.1, -0.05) is 20.8 Å². The number of nitrogens with two attached hydrogens (primary N) is 1. The molecule has 1 unspecified atom stereocenters. The van der Waals surface area contributed by atoms with E-state index in [9.17, 15) is 9.90 Å². The summed E-state index contributed by atoms with van der Waals surface area (Å²) < 4.78 is 0. The Kier molecular flexibility index (Phi) is 3.88. The maximum Gasteiger partial charge on any atom is 0.306 e. The summed E-state index contributed by atoms with van der Waals surface area (Å²) in [7, 11) is 0. The van der Waals surface area contributed by atoms with Crippen LogP contribution in [0.25, 0.3) is 0 Å². The van der Waals surface area contributed by atoms with Gasteiger partial charge >= 0.3 is 5.97 Å². The van der Waals surface area contributed by atoms with E-state index in [0.29, 0.717) is 6.42 Å². The van der Waals surface area contributed by atoms with Gasteiger partial charge in [0.1, 0.15) is 0 Å². The number of rotatable bonds is 5. The van der Waals surface area contributed by atoms with Crippen molar-refractivity contribution in [2.75, 3.05) is 6.54 Å². The van der Waals surface area contributed by atoms with Crippen LogP contribution in [0.5, 0.6) is 0 Å². The van der Waals surface area contributed by atoms with E-state index in [1.165, 1.54) is 0 Å². The van der Waals surface area contributed by atoms with E-state index in [-0.39, 0.29) is 13.0 Å². The number of carboxylic acids is 1. The van der Waals surface area contributed by atoms with Crippen molar-refractivity contribution in [2.24, 2.45) is 11.1 Å². The molecular formula is C9H19NO3. The SMILES string of the molecule is CCC(C)(C)C(O)(CN)CC(=O)O. The fourth-order valence-electron chi connectivity index (χ4n) is 1.17. The minimum absolute atomic E-state index is 0.0276. The summed E-state index contributed by atoms with van der Waals surface area (Å²) in [5.41, 5.74) is 3.62. The van der Waals surface area contributed by atoms with E-state index in [0.717, 1.165) is 0 Å². The van der Waals surface area contributed by atoms with Crippen molar-refractivity contribution in [3.63, 3.8) is 0 Å². The highest BCUT2D eigenvalue weighted by molar-refractivity contribution is 5.68. The van der Waals surface area contributed by atoms with Gasteiger partial charge in [0.15, 0.2) is 0 Å². The molecule has 0 saturated heterocycles. The monoisotopic (exact) mass is 189 g/mol. The Morgan fingerprint density at radius 2 is 1.92 bits per heavy atom. The van der Waals surface area contributed by atoms with Gasteiger partial charge < -0.3 is 15.9 Å². The van der Waals surface area contributed by atoms with E-state index >= 15 is 0 Å². The first kappa shape index (κ1) is 12.4. The minimum atomic E-state index is -1.31. The molecule has 0 saturated carbocycles. The predicted molar refractivity (Wildman–Crippen MR) is 50.3 cm³/mol. The summed E-state index contributed by atoms with van der Waals surface area (Å²) in [4.78, 5) is 10.5. The van der Waals surface area contributed by atoms with Crippen molar-refractivity contribution < 1.29 is 15.0 Å². The summed E-state index contributed by atoms with van der Waals surface area (Å²) in [5.74, 6) is -1.02. The number of aliphatic carboxylic acids is 1. The van der Waals surface area contributed by atoms with Crippen molar-refractivity contribution in [1.29, 1.82) is 0 Å². The van der Waals surface area contributed by atoms with Crippen molar-refractivity contribution in [3.8, 4) is 0 Å². The van der Waals surface area contributed by atoms with Gasteiger partial charge in [0, 0.05) is 6.54 Å². The Hall–Kier alpha value is -0.610. The van der Waals surface area contributed by atoms with Crippen LogP contribution >= 0.6 is 0 Å². The number of hydrogen-bond acceptors (Lipinski definition) is 3. The molecule has 78 valence electrons. The lowest BCUT2D eigenvalue weighted by atomic mass is 9.71. The molecule has 0 spiro atoms. The largest absolute Gasteiger partial charge is 0.481 e. The number of aliphatic hydroxyl groups is 1. The molecule has 0 bridgehead atoms. The number of carbonyl (C=O) groups is 1. The van der Waals surface area contributed by atoms with Crippen molar-refractivity contribution in [1.82, 2.24) is 0 Å². The third-order valence-electron chi connectivity index (χ3n) is 2.93. The molecule has 0 heterocycles. The van der Waals surface area contributed by atoms with Crippen LogP contribution in [0.2, 0.25) is 0 Å². The maximum absolute atomic E-state index is 10.5. The molecule has 0 fully saturated rings. The first-order valence-electron chi connectivity index (χ1n) is 4.43. The average molecular weight is 189 g/mol. The average Bonchev–Trinajstić information content (AvgIpc) is 2.02. The number of hydrogen-bond donors (Lipinski definition) is 3. The first-order valence-corrected chi connectivity index (χ1v) is 4.43. The van der Waals surface area contributed by atoms with Crippen molar-refractivity contribution in [2.45, 2.75) is 39.2 Å². The molecule has 1 atom stereocenters. The van der Waals surface area contributed by atoms with E-state index in [1.54, 1.807) is 0 Å². The Morgan fingerprint density at radius 3 is 2.15 bits per heavy atom. The second kappa shape index (κ2) is 4.07. The molecule has 4 N–H and O–H groups in total. The number of carboxylic acid groups (broad SMARTS) is 1. The first-order chi connectivity index (χ1) is 5.79. The van der Waals surface area contributed by atoms with E-state index < -0.39 is 17.0 Å². The minimum Gasteiger partial charge on any atom is -0.481 e. The molecule has 0 aromatic heterocycles. The summed E-state index contributed by atoms with van der Waals surface area (Å²) in [5, 5.41) is 18.6. The van der Waals surface area contributed by atoms with Gasteiger partial charge in [0.05, 0.1) is 12.0 Å². The highest BCUT2D eigenvalue weighted by Gasteiger charge is 2.42. The second-order valence-electron chi connectivity index (χ2n) is 4.04. The molecule has 0 rings (SSSR count). The highest BCUT2D eigenvalue weighted by Crippen LogP contribution is 2.35. The van der Waals surface area contributed by atoms with Crippen molar-refractivity contribution in [3.05, 3.63) is 0 Å². The zero-order valence-electron chi connectivity index (χ0n) is 8.50. The molecule has 0 aliphatic carbocycles. The van der Waals surface area contributed by atoms with Crippen LogP contribution in [0.15, 0.2) is 0 Å². The van der Waals surface area contributed by atoms with Crippen molar-refractivity contribution >= 4 is 5.97 Å². The smallest absolute Gasteiger partial charge is 0.306 e. The molecule has 0 radical (unpaired) electrons. The lowest BCUT2D eigenvalue weighted by molar-refractivity contribution is -0.148. The van der Waals surface area contributed by atoms with Crippen LogP contribution in [-0.4, -0.2) is 28.3 Å². The predicted octanol–water partition coefficient (Wildman–Crippen LogP) is 0.587. The van der Waals surface area contributed by atoms with Gasteiger partial charge in [0.2, 0.25) is 0 Å². The Balaban J connectivity index is 4.71. The van der Waals surface area contributed by atoms with Gasteiger partial charge in [0.25, 0.3) is 0 Å². The molecule has 0 aliphatic rings. The fraction of sp³-hybridized carbons (Fsp3) is 0.889. The summed E-state index contributed by atoms with van der Waals surface area (Å²) in [6.45, 7) is 5.52. The van der Waals surface area contributed by atoms with Crippen LogP contribution in [0.3, 0.4) is 0 Å². The van der Waals surface area contributed by atoms with E-state index in [4.69, 9.17) is 10.8 Å².